The number of guanidine groups is 1. The molecule has 4 aliphatic rings. The molecule has 4 aliphatic heterocycles. The van der Waals surface area contributed by atoms with Gasteiger partial charge in [-0.2, -0.15) is 11.8 Å². The minimum absolute atomic E-state index is 0.202. The van der Waals surface area contributed by atoms with Crippen LogP contribution in [0, 0.1) is 0 Å². The van der Waals surface area contributed by atoms with Crippen LogP contribution < -0.4 is 5.32 Å². The van der Waals surface area contributed by atoms with Crippen LogP contribution in [0.15, 0.2) is 4.99 Å². The molecule has 8 nitrogen and oxygen atoms in total. The molecule has 1 amide bonds. The molecule has 4 heterocycles. The summed E-state index contributed by atoms with van der Waals surface area (Å²) >= 11 is 2.05. The highest BCUT2D eigenvalue weighted by Crippen LogP contribution is 2.34. The molecular formula is C20H35N5O3S. The highest BCUT2D eigenvalue weighted by molar-refractivity contribution is 7.99. The normalized spacial score (nSPS) is 30.9. The standard InChI is InChI=1S/C20H35N5O3S/c1-19(2,3)28-18(26)23-5-6-25-16(13-23)12-21-17(25)22-14-20(4-11-29-15-20)24-7-9-27-10-8-24/h16H,4-15H2,1-3H3,(H,21,22). The molecule has 9 heteroatoms. The average Bonchev–Trinajstić information content (AvgIpc) is 3.33. The molecule has 0 aromatic rings. The van der Waals surface area contributed by atoms with Crippen molar-refractivity contribution in [2.24, 2.45) is 4.99 Å². The van der Waals surface area contributed by atoms with Crippen molar-refractivity contribution >= 4 is 23.8 Å². The van der Waals surface area contributed by atoms with Crippen LogP contribution in [0.4, 0.5) is 4.79 Å². The summed E-state index contributed by atoms with van der Waals surface area (Å²) in [5, 5.41) is 3.69. The maximum atomic E-state index is 12.4. The van der Waals surface area contributed by atoms with Crippen LogP contribution in [0.5, 0.6) is 0 Å². The number of ether oxygens (including phenoxy) is 2. The third kappa shape index (κ3) is 4.77. The summed E-state index contributed by atoms with van der Waals surface area (Å²) in [6.45, 7) is 13.3. The number of carbonyl (C=O) groups excluding carboxylic acids is 1. The predicted molar refractivity (Wildman–Crippen MR) is 116 cm³/mol. The van der Waals surface area contributed by atoms with Gasteiger partial charge in [0, 0.05) is 50.6 Å². The highest BCUT2D eigenvalue weighted by atomic mass is 32.2. The van der Waals surface area contributed by atoms with Gasteiger partial charge in [-0.15, -0.1) is 0 Å². The molecule has 0 aromatic heterocycles. The second kappa shape index (κ2) is 8.51. The lowest BCUT2D eigenvalue weighted by Gasteiger charge is -2.44. The molecule has 2 unspecified atom stereocenters. The fourth-order valence-electron chi connectivity index (χ4n) is 4.60. The van der Waals surface area contributed by atoms with Crippen molar-refractivity contribution in [1.82, 2.24) is 20.0 Å². The summed E-state index contributed by atoms with van der Waals surface area (Å²) in [5.74, 6) is 3.40. The smallest absolute Gasteiger partial charge is 0.410 e. The van der Waals surface area contributed by atoms with Crippen molar-refractivity contribution in [3.05, 3.63) is 0 Å². The van der Waals surface area contributed by atoms with Gasteiger partial charge in [0.1, 0.15) is 5.60 Å². The van der Waals surface area contributed by atoms with E-state index in [1.807, 2.05) is 25.7 Å². The molecule has 0 saturated carbocycles. The maximum absolute atomic E-state index is 12.4. The molecule has 1 N–H and O–H groups in total. The third-order valence-electron chi connectivity index (χ3n) is 6.20. The Morgan fingerprint density at radius 2 is 2.10 bits per heavy atom. The molecule has 0 spiro atoms. The third-order valence-corrected chi connectivity index (χ3v) is 7.43. The molecular weight excluding hydrogens is 390 g/mol. The van der Waals surface area contributed by atoms with E-state index in [0.29, 0.717) is 13.1 Å². The fourth-order valence-corrected chi connectivity index (χ4v) is 6.08. The number of hydrogen-bond donors (Lipinski definition) is 1. The number of amides is 1. The van der Waals surface area contributed by atoms with Gasteiger partial charge in [0.15, 0.2) is 5.96 Å². The van der Waals surface area contributed by atoms with E-state index in [0.717, 1.165) is 51.9 Å². The van der Waals surface area contributed by atoms with E-state index in [4.69, 9.17) is 14.5 Å². The Morgan fingerprint density at radius 1 is 1.31 bits per heavy atom. The van der Waals surface area contributed by atoms with Crippen LogP contribution in [0.1, 0.15) is 27.2 Å². The zero-order valence-corrected chi connectivity index (χ0v) is 18.8. The van der Waals surface area contributed by atoms with Gasteiger partial charge < -0.3 is 24.6 Å². The number of aliphatic imine (C=N–C) groups is 1. The summed E-state index contributed by atoms with van der Waals surface area (Å²) in [6.07, 6.45) is 1.00. The van der Waals surface area contributed by atoms with E-state index in [2.05, 4.69) is 26.9 Å². The molecule has 0 aromatic carbocycles. The maximum Gasteiger partial charge on any atom is 0.410 e. The first kappa shape index (κ1) is 21.1. The van der Waals surface area contributed by atoms with Crippen LogP contribution >= 0.6 is 11.8 Å². The SMILES string of the molecule is CC(C)(C)OC(=O)N1CCN2C(NCC3(N4CCOCC4)CCSC3)=NCC2C1. The summed E-state index contributed by atoms with van der Waals surface area (Å²) in [7, 11) is 0. The van der Waals surface area contributed by atoms with Crippen molar-refractivity contribution in [1.29, 1.82) is 0 Å². The van der Waals surface area contributed by atoms with Gasteiger partial charge in [-0.3, -0.25) is 9.89 Å². The van der Waals surface area contributed by atoms with Gasteiger partial charge >= 0.3 is 6.09 Å². The average molecular weight is 426 g/mol. The Morgan fingerprint density at radius 3 is 2.79 bits per heavy atom. The summed E-state index contributed by atoms with van der Waals surface area (Å²) < 4.78 is 11.1. The number of piperazine rings is 1. The predicted octanol–water partition coefficient (Wildman–Crippen LogP) is 1.07. The number of rotatable bonds is 3. The van der Waals surface area contributed by atoms with Crippen molar-refractivity contribution in [2.75, 3.05) is 70.5 Å². The van der Waals surface area contributed by atoms with E-state index in [9.17, 15) is 4.79 Å². The Hall–Kier alpha value is -1.19. The van der Waals surface area contributed by atoms with E-state index >= 15 is 0 Å². The second-order valence-corrected chi connectivity index (χ2v) is 10.5. The van der Waals surface area contributed by atoms with Gasteiger partial charge in [0.25, 0.3) is 0 Å². The van der Waals surface area contributed by atoms with Gasteiger partial charge in [-0.05, 0) is 32.9 Å². The Bertz CT molecular complexity index is 626. The minimum Gasteiger partial charge on any atom is -0.444 e. The lowest BCUT2D eigenvalue weighted by molar-refractivity contribution is -0.0123. The first-order valence-electron chi connectivity index (χ1n) is 10.8. The molecule has 29 heavy (non-hydrogen) atoms. The Labute approximate surface area is 178 Å². The molecule has 164 valence electrons. The van der Waals surface area contributed by atoms with Crippen LogP contribution in [-0.2, 0) is 9.47 Å². The van der Waals surface area contributed by atoms with Crippen LogP contribution in [0.25, 0.3) is 0 Å². The van der Waals surface area contributed by atoms with Crippen LogP contribution in [-0.4, -0.2) is 114 Å². The topological polar surface area (TPSA) is 69.6 Å². The summed E-state index contributed by atoms with van der Waals surface area (Å²) in [5.41, 5.74) is -0.256. The Balaban J connectivity index is 1.32. The lowest BCUT2D eigenvalue weighted by atomic mass is 9.95. The molecule has 2 atom stereocenters. The number of hydrogen-bond acceptors (Lipinski definition) is 8. The van der Waals surface area contributed by atoms with Crippen LogP contribution in [0.2, 0.25) is 0 Å². The van der Waals surface area contributed by atoms with Gasteiger partial charge in [-0.1, -0.05) is 0 Å². The number of carbonyl (C=O) groups is 1. The summed E-state index contributed by atoms with van der Waals surface area (Å²) in [4.78, 5) is 24.0. The fraction of sp³-hybridized carbons (Fsp3) is 0.900. The van der Waals surface area contributed by atoms with Gasteiger partial charge in [0.2, 0.25) is 0 Å². The largest absolute Gasteiger partial charge is 0.444 e. The molecule has 0 aliphatic carbocycles. The molecule has 3 saturated heterocycles. The van der Waals surface area contributed by atoms with Crippen molar-refractivity contribution in [3.8, 4) is 0 Å². The Kier molecular flexibility index (Phi) is 6.18. The molecule has 0 bridgehead atoms. The molecule has 3 fully saturated rings. The first-order chi connectivity index (χ1) is 13.9. The number of morpholine rings is 1. The van der Waals surface area contributed by atoms with Crippen molar-refractivity contribution < 1.29 is 14.3 Å². The monoisotopic (exact) mass is 425 g/mol. The van der Waals surface area contributed by atoms with Gasteiger partial charge in [-0.25, -0.2) is 4.79 Å². The van der Waals surface area contributed by atoms with Crippen molar-refractivity contribution in [2.45, 2.75) is 44.4 Å². The van der Waals surface area contributed by atoms with E-state index in [1.54, 1.807) is 0 Å². The lowest BCUT2D eigenvalue weighted by Crippen LogP contribution is -2.62. The number of nitrogens with zero attached hydrogens (tertiary/aromatic N) is 4. The number of fused-ring (bicyclic) bond motifs is 1. The zero-order valence-electron chi connectivity index (χ0n) is 18.0. The molecule has 0 radical (unpaired) electrons. The van der Waals surface area contributed by atoms with Crippen LogP contribution in [0.3, 0.4) is 0 Å². The first-order valence-corrected chi connectivity index (χ1v) is 12.0. The minimum atomic E-state index is -0.458. The van der Waals surface area contributed by atoms with Crippen molar-refractivity contribution in [3.63, 3.8) is 0 Å². The quantitative estimate of drug-likeness (QED) is 0.725. The highest BCUT2D eigenvalue weighted by Gasteiger charge is 2.42. The van der Waals surface area contributed by atoms with E-state index < -0.39 is 5.60 Å². The van der Waals surface area contributed by atoms with E-state index in [1.165, 1.54) is 17.9 Å². The van der Waals surface area contributed by atoms with Gasteiger partial charge in [0.05, 0.1) is 25.8 Å². The molecule has 4 rings (SSSR count). The number of thioether (sulfide) groups is 1. The summed E-state index contributed by atoms with van der Waals surface area (Å²) in [6, 6.07) is 0.246. The zero-order chi connectivity index (χ0) is 20.5. The van der Waals surface area contributed by atoms with E-state index in [-0.39, 0.29) is 17.7 Å². The number of nitrogens with one attached hydrogen (secondary N) is 1. The second-order valence-electron chi connectivity index (χ2n) is 9.42.